The quantitative estimate of drug-likeness (QED) is 0.0772. The standard InChI is InChI=1S/C68H84F2N12O8S/c1-10-43-12-11-13-46-28-49(83)29-51(57(43)46)59-58(69)60-52(32-71-59)62(80-34-47-18-19-48(35-80)82(47)66(87)89-67(7,8)9)75-65(74-60)88-27-26-77-22-20-68(70,21-23-77)37-79-25-24-78(33-40(79)4)55-31-54(90-76-55)56(39(2)3)64(86)81-36-50(84)30-53(81)63(85)73-41(5)44-14-16-45(17-15-44)61-42(6)72-38-91-61/h11-17,28-29,31-32,38-41,47-48,50,53,56,83-84H,10,18-27,30,33-37H2,1-9H3,(H,73,85)/t40-,41?,47?,48?,50-,53+,56?/m1/s1. The summed E-state index contributed by atoms with van der Waals surface area (Å²) < 4.78 is 52.5. The molecule has 23 heteroatoms. The Kier molecular flexibility index (Phi) is 18.0. The number of likely N-dealkylation sites (tertiary alicyclic amines) is 2. The van der Waals surface area contributed by atoms with Gasteiger partial charge in [-0.15, -0.1) is 11.3 Å². The molecule has 0 radical (unpaired) electrons. The molecular formula is C68H84F2N12O8S. The van der Waals surface area contributed by atoms with Crippen molar-refractivity contribution < 1.29 is 47.4 Å². The third-order valence-corrected chi connectivity index (χ3v) is 20.1. The summed E-state index contributed by atoms with van der Waals surface area (Å²) in [5.74, 6) is -0.886. The van der Waals surface area contributed by atoms with Gasteiger partial charge in [-0.3, -0.25) is 29.3 Å². The van der Waals surface area contributed by atoms with E-state index in [-0.39, 0.29) is 97.1 Å². The van der Waals surface area contributed by atoms with Crippen LogP contribution in [-0.2, 0) is 20.7 Å². The highest BCUT2D eigenvalue weighted by molar-refractivity contribution is 7.13. The highest BCUT2D eigenvalue weighted by Gasteiger charge is 2.47. The second kappa shape index (κ2) is 25.8. The molecule has 3 N–H and O–H groups in total. The third kappa shape index (κ3) is 13.3. The van der Waals surface area contributed by atoms with Gasteiger partial charge in [-0.05, 0) is 119 Å². The molecule has 3 amide bonds. The molecule has 484 valence electrons. The number of anilines is 2. The van der Waals surface area contributed by atoms with Crippen LogP contribution < -0.4 is 19.9 Å². The van der Waals surface area contributed by atoms with Crippen LogP contribution in [0.15, 0.2) is 76.9 Å². The Morgan fingerprint density at radius 2 is 1.68 bits per heavy atom. The number of aryl methyl sites for hydroxylation is 2. The van der Waals surface area contributed by atoms with Crippen molar-refractivity contribution in [1.29, 1.82) is 0 Å². The fourth-order valence-corrected chi connectivity index (χ4v) is 15.1. The van der Waals surface area contributed by atoms with E-state index in [1.165, 1.54) is 4.90 Å². The van der Waals surface area contributed by atoms with Crippen LogP contribution in [0, 0.1) is 18.7 Å². The zero-order valence-electron chi connectivity index (χ0n) is 53.5. The summed E-state index contributed by atoms with van der Waals surface area (Å²) in [6, 6.07) is 17.3. The number of carbonyl (C=O) groups is 3. The van der Waals surface area contributed by atoms with Crippen molar-refractivity contribution in [2.75, 3.05) is 81.9 Å². The highest BCUT2D eigenvalue weighted by atomic mass is 32.1. The molecule has 3 aromatic carbocycles. The summed E-state index contributed by atoms with van der Waals surface area (Å²) in [4.78, 5) is 73.6. The van der Waals surface area contributed by atoms with E-state index in [9.17, 15) is 24.6 Å². The van der Waals surface area contributed by atoms with Crippen LogP contribution in [0.2, 0.25) is 0 Å². The predicted octanol–water partition coefficient (Wildman–Crippen LogP) is 10.2. The average Bonchev–Trinajstić information content (AvgIpc) is 1.46. The van der Waals surface area contributed by atoms with E-state index >= 15 is 8.78 Å². The van der Waals surface area contributed by atoms with Gasteiger partial charge < -0.3 is 44.2 Å². The molecular weight excluding hydrogens is 1180 g/mol. The minimum Gasteiger partial charge on any atom is -0.508 e. The van der Waals surface area contributed by atoms with E-state index in [0.29, 0.717) is 100.0 Å². The topological polar surface area (TPSA) is 219 Å². The molecule has 0 aliphatic carbocycles. The number of phenolic OH excluding ortho intramolecular Hbond substituents is 1. The molecule has 2 bridgehead atoms. The molecule has 9 heterocycles. The molecule has 91 heavy (non-hydrogen) atoms. The molecule has 5 saturated heterocycles. The molecule has 5 fully saturated rings. The molecule has 4 aromatic heterocycles. The number of hydrogen-bond donors (Lipinski definition) is 3. The maximum atomic E-state index is 17.4. The lowest BCUT2D eigenvalue weighted by Gasteiger charge is -2.44. The number of nitrogens with zero attached hydrogens (tertiary/aromatic N) is 11. The Morgan fingerprint density at radius 1 is 0.934 bits per heavy atom. The fourth-order valence-electron chi connectivity index (χ4n) is 14.3. The summed E-state index contributed by atoms with van der Waals surface area (Å²) in [5.41, 5.74) is 4.17. The van der Waals surface area contributed by atoms with Gasteiger partial charge in [0.2, 0.25) is 11.8 Å². The SMILES string of the molecule is CCc1cccc2cc(O)cc(-c3ncc4c(N5CC6CCC(C5)N6C(=O)OC(C)(C)C)nc(OCCN5CCC(F)(CN6CCN(c7cc(C(C(=O)N8C[C@H](O)C[C@H]8C(=O)NC(C)c8ccc(-c9scnc9C)cc8)C(C)C)on7)C[C@H]6C)CC5)nc4c3F)c12. The number of amides is 3. The first-order valence-corrected chi connectivity index (χ1v) is 33.1. The van der Waals surface area contributed by atoms with Crippen LogP contribution in [-0.4, -0.2) is 186 Å². The van der Waals surface area contributed by atoms with Crippen molar-refractivity contribution in [3.05, 3.63) is 101 Å². The van der Waals surface area contributed by atoms with Crippen LogP contribution in [0.1, 0.15) is 122 Å². The first-order valence-electron chi connectivity index (χ1n) is 32.2. The molecule has 12 rings (SSSR count). The normalized spacial score (nSPS) is 22.1. The predicted molar refractivity (Wildman–Crippen MR) is 346 cm³/mol. The zero-order valence-corrected chi connectivity index (χ0v) is 54.3. The maximum Gasteiger partial charge on any atom is 0.410 e. The van der Waals surface area contributed by atoms with Crippen molar-refractivity contribution in [3.63, 3.8) is 0 Å². The maximum absolute atomic E-state index is 17.4. The molecule has 0 saturated carbocycles. The molecule has 5 aliphatic rings. The van der Waals surface area contributed by atoms with Gasteiger partial charge in [-0.1, -0.05) is 68.4 Å². The van der Waals surface area contributed by atoms with Crippen molar-refractivity contribution in [2.24, 2.45) is 5.92 Å². The number of hydrogen-bond acceptors (Lipinski definition) is 18. The largest absolute Gasteiger partial charge is 0.508 e. The zero-order chi connectivity index (χ0) is 64.2. The number of alkyl halides is 1. The van der Waals surface area contributed by atoms with E-state index in [1.54, 1.807) is 35.7 Å². The third-order valence-electron chi connectivity index (χ3n) is 19.1. The number of ether oxygens (including phenoxy) is 2. The average molecular weight is 1270 g/mol. The van der Waals surface area contributed by atoms with Gasteiger partial charge in [-0.25, -0.2) is 18.6 Å². The van der Waals surface area contributed by atoms with Gasteiger partial charge >= 0.3 is 12.1 Å². The monoisotopic (exact) mass is 1270 g/mol. The first-order chi connectivity index (χ1) is 43.5. The Hall–Kier alpha value is -7.60. The van der Waals surface area contributed by atoms with Crippen molar-refractivity contribution in [2.45, 2.75) is 154 Å². The summed E-state index contributed by atoms with van der Waals surface area (Å²) in [5, 5.41) is 31.2. The number of nitrogens with one attached hydrogen (secondary N) is 1. The number of aliphatic hydroxyl groups is 1. The number of pyridine rings is 1. The lowest BCUT2D eigenvalue weighted by molar-refractivity contribution is -0.141. The Labute approximate surface area is 533 Å². The number of aromatic hydroxyl groups is 1. The lowest BCUT2D eigenvalue weighted by atomic mass is 9.91. The number of benzene rings is 3. The van der Waals surface area contributed by atoms with E-state index in [0.717, 1.165) is 50.9 Å². The molecule has 7 aromatic rings. The molecule has 4 unspecified atom stereocenters. The van der Waals surface area contributed by atoms with Crippen molar-refractivity contribution >= 4 is 62.6 Å². The number of piperazine rings is 2. The van der Waals surface area contributed by atoms with Crippen LogP contribution in [0.5, 0.6) is 11.8 Å². The van der Waals surface area contributed by atoms with Crippen molar-refractivity contribution in [1.82, 2.24) is 50.0 Å². The van der Waals surface area contributed by atoms with E-state index in [2.05, 4.69) is 42.0 Å². The summed E-state index contributed by atoms with van der Waals surface area (Å²) >= 11 is 1.58. The Balaban J connectivity index is 0.667. The Bertz CT molecular complexity index is 3800. The number of piperidine rings is 1. The lowest BCUT2D eigenvalue weighted by Crippen LogP contribution is -2.57. The number of fused-ring (bicyclic) bond motifs is 4. The number of phenols is 1. The Morgan fingerprint density at radius 3 is 2.36 bits per heavy atom. The number of rotatable bonds is 17. The summed E-state index contributed by atoms with van der Waals surface area (Å²) in [7, 11) is 0. The van der Waals surface area contributed by atoms with Crippen LogP contribution in [0.4, 0.5) is 25.2 Å². The van der Waals surface area contributed by atoms with Crippen LogP contribution in [0.3, 0.4) is 0 Å². The van der Waals surface area contributed by atoms with Gasteiger partial charge in [0.25, 0.3) is 0 Å². The second-order valence-corrected chi connectivity index (χ2v) is 27.8. The molecule has 7 atom stereocenters. The summed E-state index contributed by atoms with van der Waals surface area (Å²) in [6.45, 7) is 21.9. The molecule has 5 aliphatic heterocycles. The van der Waals surface area contributed by atoms with Gasteiger partial charge in [0, 0.05) is 95.7 Å². The van der Waals surface area contributed by atoms with Gasteiger partial charge in [0.05, 0.1) is 45.7 Å². The van der Waals surface area contributed by atoms with E-state index in [1.807, 2.05) is 108 Å². The first kappa shape index (κ1) is 63.5. The number of halogens is 2. The number of aromatic nitrogens is 5. The molecule has 20 nitrogen and oxygen atoms in total. The summed E-state index contributed by atoms with van der Waals surface area (Å²) in [6.07, 6.45) is 3.39. The molecule has 0 spiro atoms. The van der Waals surface area contributed by atoms with E-state index < -0.39 is 35.2 Å². The van der Waals surface area contributed by atoms with Crippen molar-refractivity contribution in [3.8, 4) is 33.5 Å². The van der Waals surface area contributed by atoms with Crippen LogP contribution >= 0.6 is 11.3 Å². The smallest absolute Gasteiger partial charge is 0.410 e. The number of carbonyl (C=O) groups excluding carboxylic acids is 3. The number of thiazole rings is 1. The van der Waals surface area contributed by atoms with Crippen LogP contribution in [0.25, 0.3) is 43.4 Å². The van der Waals surface area contributed by atoms with Gasteiger partial charge in [-0.2, -0.15) is 9.97 Å². The fraction of sp³-hybridized carbons (Fsp3) is 0.529. The minimum absolute atomic E-state index is 0.0136. The van der Waals surface area contributed by atoms with Gasteiger partial charge in [0.15, 0.2) is 17.4 Å². The minimum atomic E-state index is -1.42. The highest BCUT2D eigenvalue weighted by Crippen LogP contribution is 2.42. The van der Waals surface area contributed by atoms with E-state index in [4.69, 9.17) is 28.9 Å². The second-order valence-electron chi connectivity index (χ2n) is 27.0. The van der Waals surface area contributed by atoms with Gasteiger partial charge in [0.1, 0.15) is 52.6 Å². The number of aliphatic hydroxyl groups excluding tert-OH is 1. The number of β-amino-alcohol motifs (C(OH)–C–C–N with tert-alkyl or cyclic N) is 1.